The molecule has 2 nitrogen and oxygen atoms in total. The minimum absolute atomic E-state index is 0.205. The Morgan fingerprint density at radius 1 is 1.45 bits per heavy atom. The van der Waals surface area contributed by atoms with Crippen molar-refractivity contribution < 1.29 is 9.84 Å². The molecule has 0 aromatic carbocycles. The van der Waals surface area contributed by atoms with Gasteiger partial charge < -0.3 is 9.84 Å². The van der Waals surface area contributed by atoms with Gasteiger partial charge in [-0.1, -0.05) is 6.08 Å². The Bertz CT molecular complexity index is 159. The summed E-state index contributed by atoms with van der Waals surface area (Å²) < 4.78 is 5.34. The van der Waals surface area contributed by atoms with E-state index in [1.807, 2.05) is 6.08 Å². The lowest BCUT2D eigenvalue weighted by atomic mass is 10.2. The maximum absolute atomic E-state index is 8.48. The molecule has 0 atom stereocenters. The SMILES string of the molecule is OCCCOC1=CCCC=C1. The molecule has 1 aliphatic carbocycles. The van der Waals surface area contributed by atoms with Gasteiger partial charge >= 0.3 is 0 Å². The van der Waals surface area contributed by atoms with Crippen molar-refractivity contribution in [1.29, 1.82) is 0 Å². The van der Waals surface area contributed by atoms with Crippen LogP contribution in [0.2, 0.25) is 0 Å². The molecule has 0 aromatic heterocycles. The van der Waals surface area contributed by atoms with E-state index in [0.717, 1.165) is 18.6 Å². The molecule has 0 fully saturated rings. The molecule has 2 heteroatoms. The zero-order chi connectivity index (χ0) is 7.94. The summed E-state index contributed by atoms with van der Waals surface area (Å²) in [4.78, 5) is 0. The first-order valence-electron chi connectivity index (χ1n) is 4.04. The summed E-state index contributed by atoms with van der Waals surface area (Å²) in [6.07, 6.45) is 9.08. The third kappa shape index (κ3) is 3.23. The van der Waals surface area contributed by atoms with Crippen molar-refractivity contribution in [2.24, 2.45) is 0 Å². The number of allylic oxidation sites excluding steroid dienone is 3. The van der Waals surface area contributed by atoms with Crippen molar-refractivity contribution in [3.05, 3.63) is 24.0 Å². The summed E-state index contributed by atoms with van der Waals surface area (Å²) in [5, 5.41) is 8.48. The zero-order valence-corrected chi connectivity index (χ0v) is 6.62. The standard InChI is InChI=1S/C9H14O2/c10-7-4-8-11-9-5-2-1-3-6-9/h2,5-6,10H,1,3-4,7-8H2. The van der Waals surface area contributed by atoms with Gasteiger partial charge in [-0.3, -0.25) is 0 Å². The number of hydrogen-bond donors (Lipinski definition) is 1. The van der Waals surface area contributed by atoms with Crippen molar-refractivity contribution in [1.82, 2.24) is 0 Å². The van der Waals surface area contributed by atoms with Crippen LogP contribution in [0.15, 0.2) is 24.0 Å². The predicted molar refractivity (Wildman–Crippen MR) is 44.1 cm³/mol. The smallest absolute Gasteiger partial charge is 0.115 e. The quantitative estimate of drug-likeness (QED) is 0.623. The normalized spacial score (nSPS) is 16.3. The highest BCUT2D eigenvalue weighted by atomic mass is 16.5. The Morgan fingerprint density at radius 2 is 2.36 bits per heavy atom. The molecular weight excluding hydrogens is 140 g/mol. The van der Waals surface area contributed by atoms with Crippen LogP contribution in [0, 0.1) is 0 Å². The summed E-state index contributed by atoms with van der Waals surface area (Å²) >= 11 is 0. The molecule has 0 saturated heterocycles. The van der Waals surface area contributed by atoms with Gasteiger partial charge in [-0.2, -0.15) is 0 Å². The molecule has 11 heavy (non-hydrogen) atoms. The molecule has 62 valence electrons. The number of hydrogen-bond acceptors (Lipinski definition) is 2. The highest BCUT2D eigenvalue weighted by Gasteiger charge is 1.96. The minimum Gasteiger partial charge on any atom is -0.494 e. The Balaban J connectivity index is 2.15. The second-order valence-electron chi connectivity index (χ2n) is 2.51. The molecule has 0 amide bonds. The first-order chi connectivity index (χ1) is 5.43. The molecule has 1 aliphatic rings. The second-order valence-corrected chi connectivity index (χ2v) is 2.51. The molecule has 0 heterocycles. The molecule has 0 aromatic rings. The first kappa shape index (κ1) is 8.34. The van der Waals surface area contributed by atoms with Crippen LogP contribution in [0.5, 0.6) is 0 Å². The summed E-state index contributed by atoms with van der Waals surface area (Å²) in [6, 6.07) is 0. The molecule has 0 aliphatic heterocycles. The number of rotatable bonds is 4. The highest BCUT2D eigenvalue weighted by molar-refractivity contribution is 5.15. The third-order valence-electron chi connectivity index (χ3n) is 1.53. The van der Waals surface area contributed by atoms with Crippen LogP contribution in [0.1, 0.15) is 19.3 Å². The lowest BCUT2D eigenvalue weighted by molar-refractivity contribution is 0.183. The molecule has 0 bridgehead atoms. The van der Waals surface area contributed by atoms with Crippen LogP contribution < -0.4 is 0 Å². The summed E-state index contributed by atoms with van der Waals surface area (Å²) in [5.74, 6) is 0.949. The van der Waals surface area contributed by atoms with E-state index in [1.165, 1.54) is 0 Å². The van der Waals surface area contributed by atoms with Crippen LogP contribution >= 0.6 is 0 Å². The van der Waals surface area contributed by atoms with Crippen LogP contribution in [-0.4, -0.2) is 18.3 Å². The van der Waals surface area contributed by atoms with Crippen molar-refractivity contribution in [3.63, 3.8) is 0 Å². The van der Waals surface area contributed by atoms with Crippen molar-refractivity contribution >= 4 is 0 Å². The number of ether oxygens (including phenoxy) is 1. The summed E-state index contributed by atoms with van der Waals surface area (Å²) in [6.45, 7) is 0.823. The van der Waals surface area contributed by atoms with E-state index in [4.69, 9.17) is 9.84 Å². The van der Waals surface area contributed by atoms with E-state index < -0.39 is 0 Å². The molecule has 0 saturated carbocycles. The molecular formula is C9H14O2. The zero-order valence-electron chi connectivity index (χ0n) is 6.62. The fourth-order valence-corrected chi connectivity index (χ4v) is 0.951. The minimum atomic E-state index is 0.205. The van der Waals surface area contributed by atoms with Crippen molar-refractivity contribution in [3.8, 4) is 0 Å². The maximum Gasteiger partial charge on any atom is 0.115 e. The van der Waals surface area contributed by atoms with E-state index >= 15 is 0 Å². The fraction of sp³-hybridized carbons (Fsp3) is 0.556. The molecule has 1 rings (SSSR count). The van der Waals surface area contributed by atoms with Gasteiger partial charge in [-0.05, 0) is 25.0 Å². The third-order valence-corrected chi connectivity index (χ3v) is 1.53. The Hall–Kier alpha value is -0.760. The van der Waals surface area contributed by atoms with Crippen LogP contribution in [-0.2, 0) is 4.74 Å². The van der Waals surface area contributed by atoms with E-state index in [2.05, 4.69) is 12.2 Å². The topological polar surface area (TPSA) is 29.5 Å². The second kappa shape index (κ2) is 4.97. The van der Waals surface area contributed by atoms with Crippen LogP contribution in [0.3, 0.4) is 0 Å². The van der Waals surface area contributed by atoms with Gasteiger partial charge in [0.25, 0.3) is 0 Å². The Morgan fingerprint density at radius 3 is 3.00 bits per heavy atom. The van der Waals surface area contributed by atoms with Crippen LogP contribution in [0.25, 0.3) is 0 Å². The lowest BCUT2D eigenvalue weighted by Crippen LogP contribution is -1.97. The first-order valence-corrected chi connectivity index (χ1v) is 4.04. The van der Waals surface area contributed by atoms with E-state index in [-0.39, 0.29) is 6.61 Å². The number of aliphatic hydroxyl groups is 1. The molecule has 0 spiro atoms. The van der Waals surface area contributed by atoms with E-state index in [0.29, 0.717) is 13.0 Å². The van der Waals surface area contributed by atoms with Gasteiger partial charge in [0, 0.05) is 13.0 Å². The maximum atomic E-state index is 8.48. The predicted octanol–water partition coefficient (Wildman–Crippen LogP) is 1.62. The van der Waals surface area contributed by atoms with Gasteiger partial charge in [0.1, 0.15) is 5.76 Å². The average Bonchev–Trinajstić information content (AvgIpc) is 2.07. The average molecular weight is 154 g/mol. The molecule has 0 unspecified atom stereocenters. The Labute approximate surface area is 67.2 Å². The van der Waals surface area contributed by atoms with Gasteiger partial charge in [-0.25, -0.2) is 0 Å². The van der Waals surface area contributed by atoms with Gasteiger partial charge in [0.2, 0.25) is 0 Å². The molecule has 0 radical (unpaired) electrons. The summed E-state index contributed by atoms with van der Waals surface area (Å²) in [5.41, 5.74) is 0. The van der Waals surface area contributed by atoms with Crippen molar-refractivity contribution in [2.75, 3.05) is 13.2 Å². The largest absolute Gasteiger partial charge is 0.494 e. The van der Waals surface area contributed by atoms with Gasteiger partial charge in [-0.15, -0.1) is 0 Å². The Kier molecular flexibility index (Phi) is 3.76. The van der Waals surface area contributed by atoms with Gasteiger partial charge in [0.15, 0.2) is 0 Å². The van der Waals surface area contributed by atoms with Gasteiger partial charge in [0.05, 0.1) is 6.61 Å². The monoisotopic (exact) mass is 154 g/mol. The van der Waals surface area contributed by atoms with Crippen LogP contribution in [0.4, 0.5) is 0 Å². The van der Waals surface area contributed by atoms with Crippen molar-refractivity contribution in [2.45, 2.75) is 19.3 Å². The van der Waals surface area contributed by atoms with E-state index in [1.54, 1.807) is 0 Å². The highest BCUT2D eigenvalue weighted by Crippen LogP contribution is 2.10. The fourth-order valence-electron chi connectivity index (χ4n) is 0.951. The summed E-state index contributed by atoms with van der Waals surface area (Å²) in [7, 11) is 0. The lowest BCUT2D eigenvalue weighted by Gasteiger charge is -2.08. The number of aliphatic hydroxyl groups excluding tert-OH is 1. The van der Waals surface area contributed by atoms with E-state index in [9.17, 15) is 0 Å². The molecule has 1 N–H and O–H groups in total.